The van der Waals surface area contributed by atoms with Gasteiger partial charge >= 0.3 is 0 Å². The summed E-state index contributed by atoms with van der Waals surface area (Å²) in [4.78, 5) is 12.7. The molecule has 1 heterocycles. The summed E-state index contributed by atoms with van der Waals surface area (Å²) < 4.78 is 44.0. The number of amides is 1. The third kappa shape index (κ3) is 6.19. The van der Waals surface area contributed by atoms with Crippen LogP contribution in [0.1, 0.15) is 11.1 Å². The van der Waals surface area contributed by atoms with Crippen LogP contribution in [-0.4, -0.2) is 52.0 Å². The number of hydrogen-bond acceptors (Lipinski definition) is 6. The largest absolute Gasteiger partial charge is 0.495 e. The third-order valence-electron chi connectivity index (χ3n) is 5.58. The van der Waals surface area contributed by atoms with Gasteiger partial charge in [-0.25, -0.2) is 8.42 Å². The Morgan fingerprint density at radius 1 is 0.971 bits per heavy atom. The number of nitrogens with one attached hydrogen (secondary N) is 1. The average Bonchev–Trinajstić information content (AvgIpc) is 2.87. The molecule has 1 amide bonds. The summed E-state index contributed by atoms with van der Waals surface area (Å²) in [7, 11) is -2.35. The third-order valence-corrected chi connectivity index (χ3v) is 7.50. The van der Waals surface area contributed by atoms with Crippen molar-refractivity contribution >= 4 is 21.6 Å². The number of methoxy groups -OCH3 is 1. The SMILES string of the molecule is COc1ccc(CC(=O)Nc2ccc(Oc3ccc(C)cc3)cc2)cc1S(=O)(=O)N1CCOCC1. The molecule has 0 aromatic heterocycles. The summed E-state index contributed by atoms with van der Waals surface area (Å²) in [6.07, 6.45) is 0.0112. The number of anilines is 1. The van der Waals surface area contributed by atoms with Gasteiger partial charge < -0.3 is 19.5 Å². The van der Waals surface area contributed by atoms with Crippen LogP contribution in [0.25, 0.3) is 0 Å². The number of aryl methyl sites for hydroxylation is 1. The second kappa shape index (κ2) is 10.9. The molecule has 0 aliphatic carbocycles. The first-order chi connectivity index (χ1) is 16.8. The van der Waals surface area contributed by atoms with Gasteiger partial charge in [-0.1, -0.05) is 23.8 Å². The van der Waals surface area contributed by atoms with Gasteiger partial charge in [0.25, 0.3) is 0 Å². The maximum absolute atomic E-state index is 13.2. The Balaban J connectivity index is 1.42. The second-order valence-corrected chi connectivity index (χ2v) is 10.1. The van der Waals surface area contributed by atoms with E-state index in [4.69, 9.17) is 14.2 Å². The lowest BCUT2D eigenvalue weighted by Crippen LogP contribution is -2.40. The molecule has 1 aliphatic heterocycles. The van der Waals surface area contributed by atoms with E-state index in [1.807, 2.05) is 31.2 Å². The first kappa shape index (κ1) is 24.7. The molecule has 3 aromatic carbocycles. The fraction of sp³-hybridized carbons (Fsp3) is 0.269. The molecule has 0 atom stereocenters. The van der Waals surface area contributed by atoms with Crippen molar-refractivity contribution in [1.82, 2.24) is 4.31 Å². The van der Waals surface area contributed by atoms with Crippen LogP contribution >= 0.6 is 0 Å². The summed E-state index contributed by atoms with van der Waals surface area (Å²) in [6, 6.07) is 19.6. The Morgan fingerprint density at radius 2 is 1.60 bits per heavy atom. The standard InChI is InChI=1S/C26H28N2O6S/c1-19-3-8-22(9-4-19)34-23-10-6-21(7-11-23)27-26(29)18-20-5-12-24(32-2)25(17-20)35(30,31)28-13-15-33-16-14-28/h3-12,17H,13-16,18H2,1-2H3,(H,27,29). The van der Waals surface area contributed by atoms with Crippen molar-refractivity contribution in [3.05, 3.63) is 77.9 Å². The van der Waals surface area contributed by atoms with Crippen LogP contribution in [0.5, 0.6) is 17.2 Å². The van der Waals surface area contributed by atoms with Crippen LogP contribution in [0.3, 0.4) is 0 Å². The molecule has 0 bridgehead atoms. The highest BCUT2D eigenvalue weighted by Crippen LogP contribution is 2.29. The Labute approximate surface area is 205 Å². The highest BCUT2D eigenvalue weighted by atomic mass is 32.2. The molecular formula is C26H28N2O6S. The van der Waals surface area contributed by atoms with Crippen LogP contribution in [0, 0.1) is 6.92 Å². The predicted octanol–water partition coefficient (Wildman–Crippen LogP) is 4.00. The highest BCUT2D eigenvalue weighted by molar-refractivity contribution is 7.89. The Morgan fingerprint density at radius 3 is 2.23 bits per heavy atom. The molecule has 4 rings (SSSR count). The van der Waals surface area contributed by atoms with Crippen molar-refractivity contribution in [2.45, 2.75) is 18.2 Å². The maximum Gasteiger partial charge on any atom is 0.246 e. The normalized spacial score (nSPS) is 14.3. The van der Waals surface area contributed by atoms with Gasteiger partial charge in [-0.2, -0.15) is 4.31 Å². The van der Waals surface area contributed by atoms with Gasteiger partial charge in [-0.05, 0) is 61.0 Å². The summed E-state index contributed by atoms with van der Waals surface area (Å²) in [5, 5.41) is 2.84. The topological polar surface area (TPSA) is 94.2 Å². The molecule has 184 valence electrons. The zero-order valence-electron chi connectivity index (χ0n) is 19.7. The van der Waals surface area contributed by atoms with Gasteiger partial charge in [-0.3, -0.25) is 4.79 Å². The van der Waals surface area contributed by atoms with E-state index >= 15 is 0 Å². The molecule has 0 spiro atoms. The number of hydrogen-bond donors (Lipinski definition) is 1. The Bertz CT molecular complexity index is 1270. The Kier molecular flexibility index (Phi) is 7.70. The quantitative estimate of drug-likeness (QED) is 0.507. The number of carbonyl (C=O) groups excluding carboxylic acids is 1. The van der Waals surface area contributed by atoms with Gasteiger partial charge in [0.1, 0.15) is 22.1 Å². The molecular weight excluding hydrogens is 468 g/mol. The smallest absolute Gasteiger partial charge is 0.246 e. The van der Waals surface area contributed by atoms with Crippen LogP contribution in [-0.2, 0) is 26.0 Å². The van der Waals surface area contributed by atoms with E-state index in [1.165, 1.54) is 17.5 Å². The minimum atomic E-state index is -3.77. The number of benzene rings is 3. The lowest BCUT2D eigenvalue weighted by molar-refractivity contribution is -0.115. The van der Waals surface area contributed by atoms with Crippen LogP contribution < -0.4 is 14.8 Å². The van der Waals surface area contributed by atoms with Crippen molar-refractivity contribution in [3.8, 4) is 17.2 Å². The number of ether oxygens (including phenoxy) is 3. The van der Waals surface area contributed by atoms with Crippen LogP contribution in [0.4, 0.5) is 5.69 Å². The lowest BCUT2D eigenvalue weighted by Gasteiger charge is -2.26. The van der Waals surface area contributed by atoms with Crippen LogP contribution in [0.2, 0.25) is 0 Å². The van der Waals surface area contributed by atoms with Crippen molar-refractivity contribution in [3.63, 3.8) is 0 Å². The van der Waals surface area contributed by atoms with Gasteiger partial charge in [0.05, 0.1) is 26.7 Å². The maximum atomic E-state index is 13.2. The monoisotopic (exact) mass is 496 g/mol. The van der Waals surface area contributed by atoms with E-state index in [2.05, 4.69) is 5.32 Å². The zero-order chi connectivity index (χ0) is 24.8. The minimum Gasteiger partial charge on any atom is -0.495 e. The molecule has 1 fully saturated rings. The first-order valence-corrected chi connectivity index (χ1v) is 12.7. The van der Waals surface area contributed by atoms with Gasteiger partial charge in [0.2, 0.25) is 15.9 Å². The predicted molar refractivity (Wildman–Crippen MR) is 133 cm³/mol. The van der Waals surface area contributed by atoms with Crippen LogP contribution in [0.15, 0.2) is 71.6 Å². The van der Waals surface area contributed by atoms with E-state index in [0.717, 1.165) is 11.3 Å². The molecule has 8 nitrogen and oxygen atoms in total. The zero-order valence-corrected chi connectivity index (χ0v) is 20.5. The number of rotatable bonds is 8. The summed E-state index contributed by atoms with van der Waals surface area (Å²) in [6.45, 7) is 3.26. The molecule has 1 saturated heterocycles. The van der Waals surface area contributed by atoms with Crippen molar-refractivity contribution in [2.75, 3.05) is 38.7 Å². The lowest BCUT2D eigenvalue weighted by atomic mass is 10.1. The molecule has 9 heteroatoms. The Hall–Kier alpha value is -3.40. The average molecular weight is 497 g/mol. The van der Waals surface area contributed by atoms with E-state index < -0.39 is 10.0 Å². The summed E-state index contributed by atoms with van der Waals surface area (Å²) in [5.74, 6) is 1.36. The molecule has 0 saturated carbocycles. The molecule has 0 unspecified atom stereocenters. The number of morpholine rings is 1. The molecule has 1 N–H and O–H groups in total. The van der Waals surface area contributed by atoms with Gasteiger partial charge in [0, 0.05) is 18.8 Å². The van der Waals surface area contributed by atoms with E-state index in [9.17, 15) is 13.2 Å². The number of nitrogens with zero attached hydrogens (tertiary/aromatic N) is 1. The molecule has 1 aliphatic rings. The second-order valence-electron chi connectivity index (χ2n) is 8.17. The van der Waals surface area contributed by atoms with Gasteiger partial charge in [0.15, 0.2) is 0 Å². The summed E-state index contributed by atoms with van der Waals surface area (Å²) in [5.41, 5.74) is 2.33. The molecule has 35 heavy (non-hydrogen) atoms. The fourth-order valence-corrected chi connectivity index (χ4v) is 5.31. The first-order valence-electron chi connectivity index (χ1n) is 11.2. The fourth-order valence-electron chi connectivity index (χ4n) is 3.70. The van der Waals surface area contributed by atoms with Crippen molar-refractivity contribution in [2.24, 2.45) is 0 Å². The summed E-state index contributed by atoms with van der Waals surface area (Å²) >= 11 is 0. The highest BCUT2D eigenvalue weighted by Gasteiger charge is 2.29. The van der Waals surface area contributed by atoms with Gasteiger partial charge in [-0.15, -0.1) is 0 Å². The van der Waals surface area contributed by atoms with E-state index in [-0.39, 0.29) is 36.1 Å². The number of carbonyl (C=O) groups is 1. The van der Waals surface area contributed by atoms with Crippen molar-refractivity contribution < 1.29 is 27.4 Å². The van der Waals surface area contributed by atoms with Crippen molar-refractivity contribution in [1.29, 1.82) is 0 Å². The number of sulfonamides is 1. The molecule has 0 radical (unpaired) electrons. The molecule has 3 aromatic rings. The minimum absolute atomic E-state index is 0.0112. The van der Waals surface area contributed by atoms with E-state index in [1.54, 1.807) is 36.4 Å². The van der Waals surface area contributed by atoms with E-state index in [0.29, 0.717) is 30.2 Å².